The molecule has 0 saturated carbocycles. The van der Waals surface area contributed by atoms with E-state index in [-0.39, 0.29) is 52.3 Å². The van der Waals surface area contributed by atoms with Crippen LogP contribution in [0.25, 0.3) is 5.69 Å². The largest absolute Gasteiger partial charge is 0.476 e. The van der Waals surface area contributed by atoms with Crippen LogP contribution in [0.4, 0.5) is 5.69 Å². The Morgan fingerprint density at radius 1 is 1.11 bits per heavy atom. The summed E-state index contributed by atoms with van der Waals surface area (Å²) in [6, 6.07) is 14.6. The molecule has 0 radical (unpaired) electrons. The minimum absolute atomic E-state index is 0.0269. The number of furan rings is 1. The Bertz CT molecular complexity index is 1570. The lowest BCUT2D eigenvalue weighted by Crippen LogP contribution is -2.24. The van der Waals surface area contributed by atoms with Gasteiger partial charge in [-0.05, 0) is 56.3 Å². The number of anilines is 1. The summed E-state index contributed by atoms with van der Waals surface area (Å²) >= 11 is 0. The molecule has 2 aromatic carbocycles. The SMILES string of the molecule is CCC(=O)Nc1ccc(Oc2c(C)c(C(=O)O)nn2-c2ccc(C)cc2)c(S(=O)(=O)NCc2ccco2)c1. The molecular formula is C26H26N4O7S. The highest BCUT2D eigenvalue weighted by Gasteiger charge is 2.26. The van der Waals surface area contributed by atoms with Crippen LogP contribution in [-0.4, -0.2) is 35.2 Å². The number of carboxylic acid groups (broad SMARTS) is 1. The van der Waals surface area contributed by atoms with Gasteiger partial charge in [0, 0.05) is 17.7 Å². The van der Waals surface area contributed by atoms with Crippen molar-refractivity contribution in [2.45, 2.75) is 38.6 Å². The minimum atomic E-state index is -4.19. The fourth-order valence-corrected chi connectivity index (χ4v) is 4.70. The molecule has 0 fully saturated rings. The standard InChI is InChI=1S/C26H26N4O7S/c1-4-23(31)28-18-9-12-21(22(14-18)38(34,35)27-15-20-6-5-13-36-20)37-25-17(3)24(26(32)33)29-30(25)19-10-7-16(2)8-11-19/h5-14,27H,4,15H2,1-3H3,(H,28,31)(H,32,33). The highest BCUT2D eigenvalue weighted by Crippen LogP contribution is 2.35. The predicted molar refractivity (Wildman–Crippen MR) is 138 cm³/mol. The normalized spacial score (nSPS) is 11.3. The van der Waals surface area contributed by atoms with Gasteiger partial charge in [0.15, 0.2) is 5.69 Å². The van der Waals surface area contributed by atoms with Crippen molar-refractivity contribution in [3.05, 3.63) is 83.4 Å². The summed E-state index contributed by atoms with van der Waals surface area (Å²) in [6.07, 6.45) is 1.62. The van der Waals surface area contributed by atoms with Crippen molar-refractivity contribution in [1.29, 1.82) is 0 Å². The summed E-state index contributed by atoms with van der Waals surface area (Å²) in [7, 11) is -4.19. The number of aromatic carboxylic acids is 1. The summed E-state index contributed by atoms with van der Waals surface area (Å²) in [5.74, 6) is -1.24. The number of aromatic nitrogens is 2. The van der Waals surface area contributed by atoms with Crippen LogP contribution in [0.1, 0.15) is 40.7 Å². The number of sulfonamides is 1. The smallest absolute Gasteiger partial charge is 0.356 e. The molecule has 11 nitrogen and oxygen atoms in total. The van der Waals surface area contributed by atoms with Crippen LogP contribution < -0.4 is 14.8 Å². The molecule has 198 valence electrons. The second-order valence-electron chi connectivity index (χ2n) is 8.40. The lowest BCUT2D eigenvalue weighted by molar-refractivity contribution is -0.115. The van der Waals surface area contributed by atoms with Gasteiger partial charge in [-0.2, -0.15) is 9.78 Å². The van der Waals surface area contributed by atoms with Crippen LogP contribution in [0.5, 0.6) is 11.6 Å². The van der Waals surface area contributed by atoms with E-state index in [1.165, 1.54) is 36.1 Å². The van der Waals surface area contributed by atoms with E-state index >= 15 is 0 Å². The fourth-order valence-electron chi connectivity index (χ4n) is 3.56. The molecule has 0 aliphatic carbocycles. The summed E-state index contributed by atoms with van der Waals surface area (Å²) in [5, 5.41) is 16.5. The van der Waals surface area contributed by atoms with Gasteiger partial charge in [0.1, 0.15) is 16.4 Å². The molecule has 38 heavy (non-hydrogen) atoms. The molecule has 1 amide bonds. The van der Waals surface area contributed by atoms with Crippen molar-refractivity contribution in [2.24, 2.45) is 0 Å². The van der Waals surface area contributed by atoms with Crippen LogP contribution in [-0.2, 0) is 21.4 Å². The van der Waals surface area contributed by atoms with E-state index in [9.17, 15) is 23.1 Å². The van der Waals surface area contributed by atoms with Crippen molar-refractivity contribution in [1.82, 2.24) is 14.5 Å². The number of aryl methyl sites for hydroxylation is 1. The lowest BCUT2D eigenvalue weighted by atomic mass is 10.2. The number of hydrogen-bond donors (Lipinski definition) is 3. The van der Waals surface area contributed by atoms with Crippen LogP contribution in [0, 0.1) is 13.8 Å². The number of carboxylic acids is 1. The van der Waals surface area contributed by atoms with E-state index in [0.717, 1.165) is 5.56 Å². The van der Waals surface area contributed by atoms with Crippen LogP contribution in [0.15, 0.2) is 70.2 Å². The zero-order valence-corrected chi connectivity index (χ0v) is 21.7. The van der Waals surface area contributed by atoms with E-state index in [1.54, 1.807) is 31.2 Å². The number of amides is 1. The van der Waals surface area contributed by atoms with Crippen LogP contribution in [0.2, 0.25) is 0 Å². The first-order chi connectivity index (χ1) is 18.1. The molecule has 2 heterocycles. The fraction of sp³-hybridized carbons (Fsp3) is 0.192. The number of rotatable bonds is 10. The molecule has 0 unspecified atom stereocenters. The van der Waals surface area contributed by atoms with E-state index in [1.807, 2.05) is 19.1 Å². The first-order valence-corrected chi connectivity index (χ1v) is 13.1. The second kappa shape index (κ2) is 10.9. The molecule has 2 aromatic heterocycles. The Morgan fingerprint density at radius 2 is 1.84 bits per heavy atom. The molecule has 3 N–H and O–H groups in total. The third kappa shape index (κ3) is 5.76. The van der Waals surface area contributed by atoms with Gasteiger partial charge in [0.25, 0.3) is 0 Å². The molecule has 0 atom stereocenters. The van der Waals surface area contributed by atoms with Crippen LogP contribution in [0.3, 0.4) is 0 Å². The average Bonchev–Trinajstić information content (AvgIpc) is 3.52. The maximum atomic E-state index is 13.4. The maximum Gasteiger partial charge on any atom is 0.356 e. The van der Waals surface area contributed by atoms with Gasteiger partial charge in [-0.15, -0.1) is 0 Å². The van der Waals surface area contributed by atoms with Gasteiger partial charge in [-0.1, -0.05) is 24.6 Å². The number of carbonyl (C=O) groups excluding carboxylic acids is 1. The Labute approximate surface area is 219 Å². The van der Waals surface area contributed by atoms with Gasteiger partial charge in [0.05, 0.1) is 18.5 Å². The van der Waals surface area contributed by atoms with E-state index in [4.69, 9.17) is 9.15 Å². The monoisotopic (exact) mass is 538 g/mol. The number of benzene rings is 2. The summed E-state index contributed by atoms with van der Waals surface area (Å²) < 4.78 is 41.8. The average molecular weight is 539 g/mol. The molecule has 4 rings (SSSR count). The number of nitrogens with one attached hydrogen (secondary N) is 2. The maximum absolute atomic E-state index is 13.4. The van der Waals surface area contributed by atoms with Crippen molar-refractivity contribution in [3.8, 4) is 17.3 Å². The Hall–Kier alpha value is -4.42. The molecule has 0 aliphatic rings. The van der Waals surface area contributed by atoms with Gasteiger partial charge in [0.2, 0.25) is 21.8 Å². The van der Waals surface area contributed by atoms with Crippen molar-refractivity contribution in [3.63, 3.8) is 0 Å². The number of carbonyl (C=O) groups is 2. The third-order valence-corrected chi connectivity index (χ3v) is 7.03. The topological polar surface area (TPSA) is 153 Å². The first kappa shape index (κ1) is 26.6. The lowest BCUT2D eigenvalue weighted by Gasteiger charge is -2.16. The second-order valence-corrected chi connectivity index (χ2v) is 10.1. The Kier molecular flexibility index (Phi) is 7.65. The zero-order valence-electron chi connectivity index (χ0n) is 20.9. The Morgan fingerprint density at radius 3 is 2.47 bits per heavy atom. The van der Waals surface area contributed by atoms with Gasteiger partial charge < -0.3 is 19.6 Å². The Balaban J connectivity index is 1.80. The quantitative estimate of drug-likeness (QED) is 0.269. The summed E-state index contributed by atoms with van der Waals surface area (Å²) in [6.45, 7) is 4.98. The van der Waals surface area contributed by atoms with E-state index in [0.29, 0.717) is 11.4 Å². The van der Waals surface area contributed by atoms with Crippen molar-refractivity contribution in [2.75, 3.05) is 5.32 Å². The van der Waals surface area contributed by atoms with E-state index in [2.05, 4.69) is 15.1 Å². The predicted octanol–water partition coefficient (Wildman–Crippen LogP) is 4.40. The van der Waals surface area contributed by atoms with Gasteiger partial charge in [-0.25, -0.2) is 17.9 Å². The first-order valence-electron chi connectivity index (χ1n) is 11.6. The molecular weight excluding hydrogens is 512 g/mol. The third-order valence-electron chi connectivity index (χ3n) is 5.61. The molecule has 0 saturated heterocycles. The minimum Gasteiger partial charge on any atom is -0.476 e. The molecule has 0 aliphatic heterocycles. The molecule has 12 heteroatoms. The molecule has 0 bridgehead atoms. The summed E-state index contributed by atoms with van der Waals surface area (Å²) in [5.41, 5.74) is 1.71. The van der Waals surface area contributed by atoms with Crippen molar-refractivity contribution >= 4 is 27.6 Å². The van der Waals surface area contributed by atoms with Gasteiger partial charge >= 0.3 is 5.97 Å². The van der Waals surface area contributed by atoms with Crippen LogP contribution >= 0.6 is 0 Å². The number of nitrogens with zero attached hydrogens (tertiary/aromatic N) is 2. The molecule has 4 aromatic rings. The van der Waals surface area contributed by atoms with Gasteiger partial charge in [-0.3, -0.25) is 4.79 Å². The zero-order chi connectivity index (χ0) is 27.4. The van der Waals surface area contributed by atoms with E-state index < -0.39 is 16.0 Å². The molecule has 0 spiro atoms. The number of ether oxygens (including phenoxy) is 1. The number of hydrogen-bond acceptors (Lipinski definition) is 7. The van der Waals surface area contributed by atoms with Crippen molar-refractivity contribution < 1.29 is 32.3 Å². The highest BCUT2D eigenvalue weighted by molar-refractivity contribution is 7.89. The highest BCUT2D eigenvalue weighted by atomic mass is 32.2. The summed E-state index contributed by atoms with van der Waals surface area (Å²) in [4.78, 5) is 23.5.